The maximum Gasteiger partial charge on any atom is 0.246 e. The summed E-state index contributed by atoms with van der Waals surface area (Å²) in [6.07, 6.45) is 3.21. The van der Waals surface area contributed by atoms with Gasteiger partial charge in [0.15, 0.2) is 6.29 Å². The first kappa shape index (κ1) is 21.2. The molecule has 2 aromatic rings. The highest BCUT2D eigenvalue weighted by molar-refractivity contribution is 7.16. The summed E-state index contributed by atoms with van der Waals surface area (Å²) in [7, 11) is 3.03. The Bertz CT molecular complexity index is 741. The van der Waals surface area contributed by atoms with E-state index in [1.807, 2.05) is 12.1 Å². The topological polar surface area (TPSA) is 59.0 Å². The van der Waals surface area contributed by atoms with E-state index in [1.165, 1.54) is 43.8 Å². The van der Waals surface area contributed by atoms with Gasteiger partial charge in [-0.05, 0) is 42.3 Å². The van der Waals surface area contributed by atoms with E-state index < -0.39 is 6.29 Å². The number of aliphatic hydroxyl groups excluding tert-OH is 1. The second kappa shape index (κ2) is 10.9. The van der Waals surface area contributed by atoms with Gasteiger partial charge in [-0.15, -0.1) is 11.3 Å². The summed E-state index contributed by atoms with van der Waals surface area (Å²) in [6.45, 7) is 0.694. The fourth-order valence-electron chi connectivity index (χ4n) is 2.45. The minimum Gasteiger partial charge on any atom is -0.396 e. The molecular formula is C20H24FNO4S. The van der Waals surface area contributed by atoms with Crippen LogP contribution in [0.1, 0.15) is 11.3 Å². The van der Waals surface area contributed by atoms with Gasteiger partial charge >= 0.3 is 0 Å². The van der Waals surface area contributed by atoms with Crippen molar-refractivity contribution in [1.82, 2.24) is 4.90 Å². The molecule has 1 aromatic heterocycles. The molecule has 0 unspecified atom stereocenters. The number of thiophene rings is 1. The van der Waals surface area contributed by atoms with Crippen molar-refractivity contribution >= 4 is 23.3 Å². The monoisotopic (exact) mass is 393 g/mol. The molecule has 1 amide bonds. The summed E-state index contributed by atoms with van der Waals surface area (Å²) in [5.41, 5.74) is 0.931. The quantitative estimate of drug-likeness (QED) is 0.497. The lowest BCUT2D eigenvalue weighted by molar-refractivity contribution is -0.141. The summed E-state index contributed by atoms with van der Waals surface area (Å²) < 4.78 is 23.4. The SMILES string of the molecule is COC(CN(CCCO)C(=O)/C=C/c1ccc(-c2ccc(F)cc2)s1)OC. The van der Waals surface area contributed by atoms with Crippen LogP contribution in [0.2, 0.25) is 0 Å². The Labute approximate surface area is 162 Å². The lowest BCUT2D eigenvalue weighted by Gasteiger charge is -2.25. The van der Waals surface area contributed by atoms with Crippen LogP contribution in [0.4, 0.5) is 4.39 Å². The summed E-state index contributed by atoms with van der Waals surface area (Å²) in [6, 6.07) is 10.2. The zero-order valence-corrected chi connectivity index (χ0v) is 16.2. The molecule has 0 aliphatic heterocycles. The Kier molecular flexibility index (Phi) is 8.60. The van der Waals surface area contributed by atoms with Crippen molar-refractivity contribution in [2.45, 2.75) is 12.7 Å². The van der Waals surface area contributed by atoms with Crippen molar-refractivity contribution in [1.29, 1.82) is 0 Å². The van der Waals surface area contributed by atoms with E-state index >= 15 is 0 Å². The Hall–Kier alpha value is -2.06. The molecule has 0 saturated heterocycles. The van der Waals surface area contributed by atoms with Crippen LogP contribution in [-0.4, -0.2) is 56.1 Å². The number of hydrogen-bond acceptors (Lipinski definition) is 5. The van der Waals surface area contributed by atoms with Gasteiger partial charge in [-0.1, -0.05) is 12.1 Å². The first-order valence-electron chi connectivity index (χ1n) is 8.56. The van der Waals surface area contributed by atoms with Crippen molar-refractivity contribution in [3.05, 3.63) is 53.2 Å². The normalized spacial score (nSPS) is 11.4. The zero-order valence-electron chi connectivity index (χ0n) is 15.4. The summed E-state index contributed by atoms with van der Waals surface area (Å²) in [5.74, 6) is -0.450. The molecule has 0 radical (unpaired) electrons. The standard InChI is InChI=1S/C20H24FNO4S/c1-25-20(26-2)14-22(12-3-13-23)19(24)11-9-17-8-10-18(27-17)15-4-6-16(21)7-5-15/h4-11,20,23H,3,12-14H2,1-2H3/b11-9+. The molecule has 0 saturated carbocycles. The number of methoxy groups -OCH3 is 2. The molecule has 7 heteroatoms. The number of benzene rings is 1. The van der Waals surface area contributed by atoms with E-state index in [2.05, 4.69) is 0 Å². The first-order chi connectivity index (χ1) is 13.1. The predicted octanol–water partition coefficient (Wildman–Crippen LogP) is 3.40. The van der Waals surface area contributed by atoms with Gasteiger partial charge in [0.05, 0.1) is 6.54 Å². The predicted molar refractivity (Wildman–Crippen MR) is 105 cm³/mol. The molecule has 0 spiro atoms. The highest BCUT2D eigenvalue weighted by Gasteiger charge is 2.16. The van der Waals surface area contributed by atoms with Crippen molar-refractivity contribution < 1.29 is 23.8 Å². The fourth-order valence-corrected chi connectivity index (χ4v) is 3.36. The Morgan fingerprint density at radius 2 is 1.93 bits per heavy atom. The van der Waals surface area contributed by atoms with Crippen LogP contribution in [0.3, 0.4) is 0 Å². The number of rotatable bonds is 10. The highest BCUT2D eigenvalue weighted by atomic mass is 32.1. The van der Waals surface area contributed by atoms with Crippen LogP contribution in [0.5, 0.6) is 0 Å². The molecule has 1 N–H and O–H groups in total. The molecular weight excluding hydrogens is 369 g/mol. The molecule has 5 nitrogen and oxygen atoms in total. The smallest absolute Gasteiger partial charge is 0.246 e. The number of aliphatic hydroxyl groups is 1. The van der Waals surface area contributed by atoms with Crippen molar-refractivity contribution in [3.8, 4) is 10.4 Å². The molecule has 146 valence electrons. The van der Waals surface area contributed by atoms with Gasteiger partial charge in [0.25, 0.3) is 0 Å². The second-order valence-electron chi connectivity index (χ2n) is 5.80. The lowest BCUT2D eigenvalue weighted by Crippen LogP contribution is -2.39. The molecule has 2 rings (SSSR count). The van der Waals surface area contributed by atoms with Crippen molar-refractivity contribution in [2.24, 2.45) is 0 Å². The van der Waals surface area contributed by atoms with Crippen LogP contribution >= 0.6 is 11.3 Å². The molecule has 0 bridgehead atoms. The summed E-state index contributed by atoms with van der Waals surface area (Å²) >= 11 is 1.52. The second-order valence-corrected chi connectivity index (χ2v) is 6.92. The summed E-state index contributed by atoms with van der Waals surface area (Å²) in [5, 5.41) is 9.04. The van der Waals surface area contributed by atoms with Gasteiger partial charge in [0.1, 0.15) is 5.82 Å². The van der Waals surface area contributed by atoms with Crippen LogP contribution in [0.25, 0.3) is 16.5 Å². The first-order valence-corrected chi connectivity index (χ1v) is 9.38. The third kappa shape index (κ3) is 6.55. The van der Waals surface area contributed by atoms with Crippen LogP contribution in [0.15, 0.2) is 42.5 Å². The van der Waals surface area contributed by atoms with E-state index in [4.69, 9.17) is 14.6 Å². The fraction of sp³-hybridized carbons (Fsp3) is 0.350. The molecule has 0 aliphatic carbocycles. The maximum atomic E-state index is 13.0. The number of halogens is 1. The molecule has 0 fully saturated rings. The zero-order chi connectivity index (χ0) is 19.6. The molecule has 0 aliphatic rings. The van der Waals surface area contributed by atoms with Gasteiger partial charge in [-0.25, -0.2) is 4.39 Å². The van der Waals surface area contributed by atoms with E-state index in [0.717, 1.165) is 15.3 Å². The van der Waals surface area contributed by atoms with Crippen molar-refractivity contribution in [3.63, 3.8) is 0 Å². The lowest BCUT2D eigenvalue weighted by atomic mass is 10.2. The van der Waals surface area contributed by atoms with Gasteiger partial charge in [0.2, 0.25) is 5.91 Å². The average Bonchev–Trinajstić information content (AvgIpc) is 3.16. The third-order valence-electron chi connectivity index (χ3n) is 3.94. The van der Waals surface area contributed by atoms with Crippen LogP contribution in [-0.2, 0) is 14.3 Å². The Morgan fingerprint density at radius 1 is 1.22 bits per heavy atom. The van der Waals surface area contributed by atoms with E-state index in [9.17, 15) is 9.18 Å². The minimum atomic E-state index is -0.521. The van der Waals surface area contributed by atoms with Crippen LogP contribution in [0, 0.1) is 5.82 Å². The van der Waals surface area contributed by atoms with E-state index in [0.29, 0.717) is 13.0 Å². The number of carbonyl (C=O) groups is 1. The number of nitrogens with zero attached hydrogens (tertiary/aromatic N) is 1. The minimum absolute atomic E-state index is 0.00405. The number of ether oxygens (including phenoxy) is 2. The van der Waals surface area contributed by atoms with E-state index in [-0.39, 0.29) is 24.9 Å². The Morgan fingerprint density at radius 3 is 2.56 bits per heavy atom. The molecule has 1 heterocycles. The largest absolute Gasteiger partial charge is 0.396 e. The van der Waals surface area contributed by atoms with E-state index in [1.54, 1.807) is 23.1 Å². The highest BCUT2D eigenvalue weighted by Crippen LogP contribution is 2.29. The van der Waals surface area contributed by atoms with Crippen LogP contribution < -0.4 is 0 Å². The van der Waals surface area contributed by atoms with Gasteiger partial charge < -0.3 is 19.5 Å². The average molecular weight is 393 g/mol. The molecule has 1 aromatic carbocycles. The summed E-state index contributed by atoms with van der Waals surface area (Å²) in [4.78, 5) is 16.0. The van der Waals surface area contributed by atoms with Gasteiger partial charge in [-0.2, -0.15) is 0 Å². The maximum absolute atomic E-state index is 13.0. The Balaban J connectivity index is 2.05. The molecule has 0 atom stereocenters. The van der Waals surface area contributed by atoms with Gasteiger partial charge in [-0.3, -0.25) is 4.79 Å². The number of amides is 1. The van der Waals surface area contributed by atoms with Gasteiger partial charge in [0, 0.05) is 43.2 Å². The number of hydrogen-bond donors (Lipinski definition) is 1. The number of carbonyl (C=O) groups excluding carboxylic acids is 1. The van der Waals surface area contributed by atoms with Crippen molar-refractivity contribution in [2.75, 3.05) is 33.9 Å². The third-order valence-corrected chi connectivity index (χ3v) is 5.04. The molecule has 27 heavy (non-hydrogen) atoms.